The molecule has 0 unspecified atom stereocenters. The number of nitrogens with zero attached hydrogens (tertiary/aromatic N) is 1. The summed E-state index contributed by atoms with van der Waals surface area (Å²) in [5, 5.41) is 0. The van der Waals surface area contributed by atoms with Crippen molar-refractivity contribution in [3.8, 4) is 0 Å². The lowest BCUT2D eigenvalue weighted by Gasteiger charge is -2.20. The van der Waals surface area contributed by atoms with Gasteiger partial charge in [0.25, 0.3) is 0 Å². The van der Waals surface area contributed by atoms with Gasteiger partial charge in [-0.15, -0.1) is 0 Å². The SMILES string of the molecule is O=C(CN1C=CC=Cc2ccccc21)OCc1ccccc1. The minimum atomic E-state index is -0.245. The first-order valence-electron chi connectivity index (χ1n) is 7.23. The molecule has 22 heavy (non-hydrogen) atoms. The number of fused-ring (bicyclic) bond motifs is 1. The summed E-state index contributed by atoms with van der Waals surface area (Å²) in [4.78, 5) is 14.0. The quantitative estimate of drug-likeness (QED) is 0.803. The summed E-state index contributed by atoms with van der Waals surface area (Å²) < 4.78 is 5.35. The van der Waals surface area contributed by atoms with E-state index < -0.39 is 0 Å². The molecule has 2 aromatic carbocycles. The fourth-order valence-corrected chi connectivity index (χ4v) is 2.34. The van der Waals surface area contributed by atoms with Crippen molar-refractivity contribution >= 4 is 17.7 Å². The minimum Gasteiger partial charge on any atom is -0.459 e. The number of para-hydroxylation sites is 1. The van der Waals surface area contributed by atoms with E-state index in [2.05, 4.69) is 0 Å². The standard InChI is InChI=1S/C19H17NO2/c21-19(22-15-16-8-2-1-3-9-16)14-20-13-7-6-11-17-10-4-5-12-18(17)20/h1-13H,14-15H2. The number of carbonyl (C=O) groups is 1. The smallest absolute Gasteiger partial charge is 0.326 e. The van der Waals surface area contributed by atoms with Gasteiger partial charge in [0.1, 0.15) is 13.2 Å². The molecule has 0 aliphatic carbocycles. The first-order chi connectivity index (χ1) is 10.8. The average molecular weight is 291 g/mol. The number of hydrogen-bond acceptors (Lipinski definition) is 3. The Labute approximate surface area is 130 Å². The molecule has 1 heterocycles. The molecule has 2 aromatic rings. The van der Waals surface area contributed by atoms with E-state index in [0.29, 0.717) is 6.61 Å². The van der Waals surface area contributed by atoms with Crippen molar-refractivity contribution in [2.45, 2.75) is 6.61 Å². The number of ether oxygens (including phenoxy) is 1. The Morgan fingerprint density at radius 1 is 0.955 bits per heavy atom. The summed E-state index contributed by atoms with van der Waals surface area (Å²) in [5.41, 5.74) is 3.08. The van der Waals surface area contributed by atoms with Crippen LogP contribution in [0.25, 0.3) is 6.08 Å². The normalized spacial score (nSPS) is 12.6. The van der Waals surface area contributed by atoms with Gasteiger partial charge in [-0.05, 0) is 23.3 Å². The van der Waals surface area contributed by atoms with Crippen molar-refractivity contribution in [2.75, 3.05) is 11.4 Å². The molecule has 0 bridgehead atoms. The Morgan fingerprint density at radius 3 is 2.59 bits per heavy atom. The first-order valence-corrected chi connectivity index (χ1v) is 7.23. The first kappa shape index (κ1) is 14.1. The number of benzene rings is 2. The molecule has 3 nitrogen and oxygen atoms in total. The third-order valence-electron chi connectivity index (χ3n) is 3.44. The molecular formula is C19H17NO2. The van der Waals surface area contributed by atoms with E-state index in [1.165, 1.54) is 0 Å². The molecule has 3 heteroatoms. The van der Waals surface area contributed by atoms with Gasteiger partial charge in [0, 0.05) is 11.9 Å². The van der Waals surface area contributed by atoms with Gasteiger partial charge in [-0.1, -0.05) is 60.7 Å². The fourth-order valence-electron chi connectivity index (χ4n) is 2.34. The van der Waals surface area contributed by atoms with Crippen molar-refractivity contribution in [1.82, 2.24) is 0 Å². The fraction of sp³-hybridized carbons (Fsp3) is 0.105. The van der Waals surface area contributed by atoms with Gasteiger partial charge >= 0.3 is 5.97 Å². The van der Waals surface area contributed by atoms with Crippen LogP contribution in [0.3, 0.4) is 0 Å². The van der Waals surface area contributed by atoms with Crippen LogP contribution in [0, 0.1) is 0 Å². The van der Waals surface area contributed by atoms with Gasteiger partial charge in [0.2, 0.25) is 0 Å². The molecular weight excluding hydrogens is 274 g/mol. The van der Waals surface area contributed by atoms with Gasteiger partial charge in [-0.2, -0.15) is 0 Å². The molecule has 0 spiro atoms. The molecule has 0 radical (unpaired) electrons. The third-order valence-corrected chi connectivity index (χ3v) is 3.44. The molecule has 110 valence electrons. The van der Waals surface area contributed by atoms with Crippen LogP contribution >= 0.6 is 0 Å². The van der Waals surface area contributed by atoms with Crippen molar-refractivity contribution in [3.05, 3.63) is 84.1 Å². The number of carbonyl (C=O) groups excluding carboxylic acids is 1. The predicted molar refractivity (Wildman–Crippen MR) is 88.2 cm³/mol. The second-order valence-electron chi connectivity index (χ2n) is 5.03. The lowest BCUT2D eigenvalue weighted by molar-refractivity contribution is -0.143. The highest BCUT2D eigenvalue weighted by Crippen LogP contribution is 2.24. The maximum absolute atomic E-state index is 12.1. The molecule has 0 saturated heterocycles. The highest BCUT2D eigenvalue weighted by molar-refractivity contribution is 5.80. The molecule has 3 rings (SSSR count). The lowest BCUT2D eigenvalue weighted by atomic mass is 10.1. The second kappa shape index (κ2) is 6.76. The number of esters is 1. The van der Waals surface area contributed by atoms with Gasteiger partial charge in [0.15, 0.2) is 0 Å². The number of rotatable bonds is 4. The van der Waals surface area contributed by atoms with E-state index >= 15 is 0 Å². The maximum atomic E-state index is 12.1. The lowest BCUT2D eigenvalue weighted by Crippen LogP contribution is -2.26. The monoisotopic (exact) mass is 291 g/mol. The van der Waals surface area contributed by atoms with Crippen LogP contribution in [-0.2, 0) is 16.1 Å². The number of anilines is 1. The zero-order chi connectivity index (χ0) is 15.2. The van der Waals surface area contributed by atoms with Gasteiger partial charge in [-0.3, -0.25) is 4.79 Å². The summed E-state index contributed by atoms with van der Waals surface area (Å²) in [7, 11) is 0. The Kier molecular flexibility index (Phi) is 4.35. The molecule has 0 saturated carbocycles. The molecule has 1 aliphatic heterocycles. The largest absolute Gasteiger partial charge is 0.459 e. The molecule has 1 aliphatic rings. The van der Waals surface area contributed by atoms with Crippen molar-refractivity contribution in [2.24, 2.45) is 0 Å². The van der Waals surface area contributed by atoms with E-state index in [1.54, 1.807) is 0 Å². The van der Waals surface area contributed by atoms with E-state index in [-0.39, 0.29) is 12.5 Å². The van der Waals surface area contributed by atoms with Crippen LogP contribution in [0.15, 0.2) is 72.9 Å². The van der Waals surface area contributed by atoms with Crippen LogP contribution in [0.2, 0.25) is 0 Å². The Hall–Kier alpha value is -2.81. The maximum Gasteiger partial charge on any atom is 0.326 e. The Balaban J connectivity index is 1.64. The van der Waals surface area contributed by atoms with E-state index in [4.69, 9.17) is 4.74 Å². The topological polar surface area (TPSA) is 29.5 Å². The van der Waals surface area contributed by atoms with Crippen molar-refractivity contribution < 1.29 is 9.53 Å². The zero-order valence-corrected chi connectivity index (χ0v) is 12.2. The Morgan fingerprint density at radius 2 is 1.73 bits per heavy atom. The molecule has 0 N–H and O–H groups in total. The molecule has 0 amide bonds. The summed E-state index contributed by atoms with van der Waals surface area (Å²) in [5.74, 6) is -0.245. The summed E-state index contributed by atoms with van der Waals surface area (Å²) in [6.45, 7) is 0.499. The van der Waals surface area contributed by atoms with E-state index in [9.17, 15) is 4.79 Å². The molecule has 0 atom stereocenters. The summed E-state index contributed by atoms with van der Waals surface area (Å²) in [6, 6.07) is 17.7. The van der Waals surface area contributed by atoms with Crippen LogP contribution in [0.4, 0.5) is 5.69 Å². The van der Waals surface area contributed by atoms with Gasteiger partial charge in [0.05, 0.1) is 0 Å². The summed E-state index contributed by atoms with van der Waals surface area (Å²) in [6.07, 6.45) is 7.81. The highest BCUT2D eigenvalue weighted by Gasteiger charge is 2.13. The number of allylic oxidation sites excluding steroid dienone is 2. The predicted octanol–water partition coefficient (Wildman–Crippen LogP) is 3.78. The van der Waals surface area contributed by atoms with Crippen molar-refractivity contribution in [1.29, 1.82) is 0 Å². The van der Waals surface area contributed by atoms with Crippen LogP contribution < -0.4 is 4.90 Å². The Bertz CT molecular complexity index is 704. The summed E-state index contributed by atoms with van der Waals surface area (Å²) >= 11 is 0. The minimum absolute atomic E-state index is 0.196. The van der Waals surface area contributed by atoms with Gasteiger partial charge < -0.3 is 9.64 Å². The molecule has 0 fully saturated rings. The third kappa shape index (κ3) is 3.44. The number of hydrogen-bond donors (Lipinski definition) is 0. The van der Waals surface area contributed by atoms with Crippen LogP contribution in [0.5, 0.6) is 0 Å². The van der Waals surface area contributed by atoms with E-state index in [1.807, 2.05) is 83.9 Å². The average Bonchev–Trinajstić information content (AvgIpc) is 2.77. The molecule has 0 aromatic heterocycles. The highest BCUT2D eigenvalue weighted by atomic mass is 16.5. The van der Waals surface area contributed by atoms with Crippen LogP contribution in [-0.4, -0.2) is 12.5 Å². The van der Waals surface area contributed by atoms with Gasteiger partial charge in [-0.25, -0.2) is 0 Å². The van der Waals surface area contributed by atoms with Crippen molar-refractivity contribution in [3.63, 3.8) is 0 Å². The van der Waals surface area contributed by atoms with E-state index in [0.717, 1.165) is 16.8 Å². The van der Waals surface area contributed by atoms with Crippen LogP contribution in [0.1, 0.15) is 11.1 Å². The second-order valence-corrected chi connectivity index (χ2v) is 5.03. The zero-order valence-electron chi connectivity index (χ0n) is 12.2.